The number of hydrogen-bond acceptors (Lipinski definition) is 8. The van der Waals surface area contributed by atoms with Gasteiger partial charge in [-0.15, -0.1) is 6.58 Å². The number of nitrogens with one attached hydrogen (secondary N) is 1. The summed E-state index contributed by atoms with van der Waals surface area (Å²) in [6.07, 6.45) is 31.0. The number of aliphatic hydroxyl groups is 1. The molecule has 2 aromatic rings. The van der Waals surface area contributed by atoms with Gasteiger partial charge in [-0.1, -0.05) is 241 Å². The Bertz CT molecular complexity index is 1460. The van der Waals surface area contributed by atoms with Gasteiger partial charge in [0.05, 0.1) is 39.0 Å². The minimum absolute atomic E-state index is 0.120. The first-order valence-electron chi connectivity index (χ1n) is 26.8. The van der Waals surface area contributed by atoms with E-state index in [9.17, 15) is 14.7 Å². The first kappa shape index (κ1) is 57.2. The molecule has 1 amide bonds. The molecule has 9 nitrogen and oxygen atoms in total. The third-order valence-electron chi connectivity index (χ3n) is 12.9. The molecule has 374 valence electrons. The average Bonchev–Trinajstić information content (AvgIpc) is 3.33. The van der Waals surface area contributed by atoms with Crippen molar-refractivity contribution in [2.45, 2.75) is 250 Å². The van der Waals surface area contributed by atoms with E-state index in [1.54, 1.807) is 6.08 Å². The normalized spacial score (nSPS) is 18.8. The van der Waals surface area contributed by atoms with Gasteiger partial charge in [0.1, 0.15) is 18.2 Å². The van der Waals surface area contributed by atoms with Gasteiger partial charge in [0.2, 0.25) is 5.91 Å². The number of hydrogen-bond donors (Lipinski definition) is 2. The van der Waals surface area contributed by atoms with E-state index in [1.807, 2.05) is 60.7 Å². The topological polar surface area (TPSA) is 113 Å². The third-order valence-corrected chi connectivity index (χ3v) is 12.9. The van der Waals surface area contributed by atoms with Crippen molar-refractivity contribution >= 4 is 11.9 Å². The van der Waals surface area contributed by atoms with Gasteiger partial charge in [0.15, 0.2) is 12.4 Å². The van der Waals surface area contributed by atoms with E-state index in [0.29, 0.717) is 13.0 Å². The largest absolute Gasteiger partial charge is 0.457 e. The van der Waals surface area contributed by atoms with Crippen LogP contribution in [0.15, 0.2) is 73.3 Å². The fourth-order valence-electron chi connectivity index (χ4n) is 8.99. The van der Waals surface area contributed by atoms with Crippen LogP contribution in [-0.4, -0.2) is 66.9 Å². The van der Waals surface area contributed by atoms with Crippen LogP contribution in [0, 0.1) is 0 Å². The molecular weight excluding hydrogens is 827 g/mol. The minimum Gasteiger partial charge on any atom is -0.457 e. The zero-order chi connectivity index (χ0) is 47.1. The Balaban J connectivity index is 1.62. The maximum atomic E-state index is 14.2. The lowest BCUT2D eigenvalue weighted by Gasteiger charge is -2.45. The number of ether oxygens (including phenoxy) is 5. The molecular formula is C57H93NO8. The first-order chi connectivity index (χ1) is 32.5. The van der Waals surface area contributed by atoms with E-state index in [-0.39, 0.29) is 44.0 Å². The molecule has 9 heteroatoms. The van der Waals surface area contributed by atoms with Crippen molar-refractivity contribution in [2.24, 2.45) is 0 Å². The van der Waals surface area contributed by atoms with E-state index in [4.69, 9.17) is 23.7 Å². The molecule has 0 unspecified atom stereocenters. The van der Waals surface area contributed by atoms with E-state index in [2.05, 4.69) is 25.7 Å². The van der Waals surface area contributed by atoms with Crippen LogP contribution in [0.2, 0.25) is 0 Å². The highest BCUT2D eigenvalue weighted by Crippen LogP contribution is 2.29. The molecule has 1 fully saturated rings. The second-order valence-corrected chi connectivity index (χ2v) is 18.8. The Morgan fingerprint density at radius 1 is 0.636 bits per heavy atom. The van der Waals surface area contributed by atoms with Gasteiger partial charge in [-0.05, 0) is 24.0 Å². The maximum Gasteiger partial charge on any atom is 0.306 e. The highest BCUT2D eigenvalue weighted by molar-refractivity contribution is 5.77. The lowest BCUT2D eigenvalue weighted by molar-refractivity contribution is -0.280. The Morgan fingerprint density at radius 3 is 1.59 bits per heavy atom. The van der Waals surface area contributed by atoms with Gasteiger partial charge >= 0.3 is 5.97 Å². The molecule has 0 aliphatic carbocycles. The van der Waals surface area contributed by atoms with Crippen LogP contribution >= 0.6 is 0 Å². The number of benzene rings is 2. The van der Waals surface area contributed by atoms with Crippen molar-refractivity contribution in [1.82, 2.24) is 5.32 Å². The quantitative estimate of drug-likeness (QED) is 0.0385. The molecule has 0 saturated carbocycles. The van der Waals surface area contributed by atoms with Crippen LogP contribution in [-0.2, 0) is 46.5 Å². The molecule has 1 aliphatic rings. The Hall–Kier alpha value is -3.08. The van der Waals surface area contributed by atoms with Crippen molar-refractivity contribution in [2.75, 3.05) is 13.2 Å². The summed E-state index contributed by atoms with van der Waals surface area (Å²) in [7, 11) is 0. The van der Waals surface area contributed by atoms with Crippen molar-refractivity contribution in [3.63, 3.8) is 0 Å². The van der Waals surface area contributed by atoms with Crippen molar-refractivity contribution < 1.29 is 38.4 Å². The summed E-state index contributed by atoms with van der Waals surface area (Å²) in [5, 5.41) is 13.8. The van der Waals surface area contributed by atoms with Gasteiger partial charge in [0, 0.05) is 6.42 Å². The molecule has 0 aromatic heterocycles. The standard InChI is InChI=1S/C57H93NO8/c1-4-7-9-11-13-15-17-18-19-20-22-23-25-27-35-41-50(63-46-48-37-31-29-32-38-48)44-52(60)58-54-56(66-53(61)42-36-28-26-24-21-16-14-12-10-8-5-2)55(64-47-49-39-33-30-34-40-49)51(45-59)65-57(54)62-43-6-3/h6,29-34,37-40,50-51,54-57,59H,3-5,7-28,35-36,41-47H2,1-2H3,(H,58,60)/t50-,51-,54-,55-,56-,57+/m1/s1. The molecule has 0 spiro atoms. The van der Waals surface area contributed by atoms with E-state index < -0.39 is 37.3 Å². The predicted molar refractivity (Wildman–Crippen MR) is 269 cm³/mol. The molecule has 66 heavy (non-hydrogen) atoms. The predicted octanol–water partition coefficient (Wildman–Crippen LogP) is 13.8. The van der Waals surface area contributed by atoms with Crippen LogP contribution in [0.4, 0.5) is 0 Å². The van der Waals surface area contributed by atoms with Gasteiger partial charge < -0.3 is 34.1 Å². The summed E-state index contributed by atoms with van der Waals surface area (Å²) in [6, 6.07) is 18.8. The highest BCUT2D eigenvalue weighted by Gasteiger charge is 2.50. The van der Waals surface area contributed by atoms with Crippen molar-refractivity contribution in [1.29, 1.82) is 0 Å². The molecule has 1 heterocycles. The summed E-state index contributed by atoms with van der Waals surface area (Å²) in [4.78, 5) is 27.9. The van der Waals surface area contributed by atoms with Crippen molar-refractivity contribution in [3.8, 4) is 0 Å². The number of unbranched alkanes of at least 4 members (excludes halogenated alkanes) is 24. The molecule has 2 aromatic carbocycles. The number of carbonyl (C=O) groups excluding carboxylic acids is 2. The summed E-state index contributed by atoms with van der Waals surface area (Å²) in [5.74, 6) is -0.632. The molecule has 2 N–H and O–H groups in total. The van der Waals surface area contributed by atoms with Crippen LogP contribution < -0.4 is 5.32 Å². The Morgan fingerprint density at radius 2 is 1.11 bits per heavy atom. The Labute approximate surface area is 401 Å². The minimum atomic E-state index is -1.03. The maximum absolute atomic E-state index is 14.2. The van der Waals surface area contributed by atoms with Crippen LogP contribution in [0.25, 0.3) is 0 Å². The van der Waals surface area contributed by atoms with Crippen LogP contribution in [0.5, 0.6) is 0 Å². The fraction of sp³-hybridized carbons (Fsp3) is 0.719. The van der Waals surface area contributed by atoms with Gasteiger partial charge in [-0.3, -0.25) is 9.59 Å². The molecule has 0 radical (unpaired) electrons. The Kier molecular flexibility index (Phi) is 33.7. The van der Waals surface area contributed by atoms with E-state index in [0.717, 1.165) is 43.2 Å². The van der Waals surface area contributed by atoms with Crippen LogP contribution in [0.3, 0.4) is 0 Å². The van der Waals surface area contributed by atoms with Crippen molar-refractivity contribution in [3.05, 3.63) is 84.4 Å². The summed E-state index contributed by atoms with van der Waals surface area (Å²) in [5.41, 5.74) is 1.97. The number of esters is 1. The summed E-state index contributed by atoms with van der Waals surface area (Å²) >= 11 is 0. The molecule has 6 atom stereocenters. The number of rotatable bonds is 42. The number of carbonyl (C=O) groups is 2. The number of amides is 1. The van der Waals surface area contributed by atoms with Gasteiger partial charge in [0.25, 0.3) is 0 Å². The monoisotopic (exact) mass is 920 g/mol. The molecule has 0 bridgehead atoms. The fourth-order valence-corrected chi connectivity index (χ4v) is 8.99. The average molecular weight is 920 g/mol. The zero-order valence-corrected chi connectivity index (χ0v) is 41.7. The summed E-state index contributed by atoms with van der Waals surface area (Å²) in [6.45, 7) is 8.68. The highest BCUT2D eigenvalue weighted by atomic mass is 16.7. The summed E-state index contributed by atoms with van der Waals surface area (Å²) < 4.78 is 31.6. The van der Waals surface area contributed by atoms with E-state index >= 15 is 0 Å². The zero-order valence-electron chi connectivity index (χ0n) is 41.7. The molecule has 1 saturated heterocycles. The first-order valence-corrected chi connectivity index (χ1v) is 26.8. The van der Waals surface area contributed by atoms with Gasteiger partial charge in [-0.2, -0.15) is 0 Å². The SMILES string of the molecule is C=CCO[C@H]1O[C@H](CO)[C@@H](OCc2ccccc2)[C@H](OC(=O)CCCCCCCCCCCCC)[C@H]1NC(=O)C[C@@H](CCCCCCCCCCCCCCCCC)OCc1ccccc1. The lowest BCUT2D eigenvalue weighted by atomic mass is 9.95. The number of aliphatic hydroxyl groups excluding tert-OH is 1. The smallest absolute Gasteiger partial charge is 0.306 e. The van der Waals surface area contributed by atoms with Crippen LogP contribution in [0.1, 0.15) is 211 Å². The second kappa shape index (κ2) is 38.8. The molecule has 3 rings (SSSR count). The van der Waals surface area contributed by atoms with Gasteiger partial charge in [-0.25, -0.2) is 0 Å². The molecule has 1 aliphatic heterocycles. The second-order valence-electron chi connectivity index (χ2n) is 18.8. The third kappa shape index (κ3) is 26.5. The lowest BCUT2D eigenvalue weighted by Crippen LogP contribution is -2.66. The van der Waals surface area contributed by atoms with E-state index in [1.165, 1.54) is 135 Å².